The lowest BCUT2D eigenvalue weighted by atomic mass is 9.98. The molecule has 0 radical (unpaired) electrons. The Balaban J connectivity index is 0.817. The largest absolute Gasteiger partial charge is 0.456 e. The van der Waals surface area contributed by atoms with E-state index in [4.69, 9.17) is 41.9 Å². The number of fused-ring (bicyclic) bond motifs is 15. The van der Waals surface area contributed by atoms with E-state index in [2.05, 4.69) is 24.3 Å². The van der Waals surface area contributed by atoms with Gasteiger partial charge in [0.05, 0.1) is 35.8 Å². The highest BCUT2D eigenvalue weighted by atomic mass is 16.3. The zero-order valence-corrected chi connectivity index (χ0v) is 43.5. The van der Waals surface area contributed by atoms with E-state index in [0.717, 1.165) is 87.3 Å². The van der Waals surface area contributed by atoms with E-state index in [9.17, 15) is 0 Å². The van der Waals surface area contributed by atoms with Crippen molar-refractivity contribution in [1.29, 1.82) is 0 Å². The molecule has 0 bridgehead atoms. The summed E-state index contributed by atoms with van der Waals surface area (Å²) in [6, 6.07) is 61.4. The summed E-state index contributed by atoms with van der Waals surface area (Å²) in [5, 5.41) is 8.37. The van der Waals surface area contributed by atoms with Gasteiger partial charge in [0.2, 0.25) is 0 Å². The van der Waals surface area contributed by atoms with E-state index < -0.39 is 36.3 Å². The first-order valence-electron chi connectivity index (χ1n) is 32.1. The number of nitrogens with zero attached hydrogens (tertiary/aromatic N) is 5. The molecule has 386 valence electrons. The van der Waals surface area contributed by atoms with Gasteiger partial charge in [0.25, 0.3) is 0 Å². The molecular formula is C75H43N5O3. The zero-order chi connectivity index (χ0) is 63.0. The molecule has 0 fully saturated rings. The normalized spacial score (nSPS) is 13.8. The summed E-state index contributed by atoms with van der Waals surface area (Å²) in [6.45, 7) is 0. The van der Waals surface area contributed by atoms with Crippen molar-refractivity contribution >= 4 is 109 Å². The van der Waals surface area contributed by atoms with Crippen molar-refractivity contribution in [3.05, 3.63) is 261 Å². The molecule has 83 heavy (non-hydrogen) atoms. The third kappa shape index (κ3) is 6.90. The van der Waals surface area contributed by atoms with Crippen LogP contribution in [0.25, 0.3) is 177 Å². The molecule has 18 aromatic rings. The number of furan rings is 3. The first kappa shape index (κ1) is 36.7. The summed E-state index contributed by atoms with van der Waals surface area (Å²) in [7, 11) is 0. The maximum atomic E-state index is 8.93. The Morgan fingerprint density at radius 2 is 0.614 bits per heavy atom. The Labute approximate surface area is 487 Å². The van der Waals surface area contributed by atoms with Gasteiger partial charge in [-0.05, 0) is 131 Å². The minimum Gasteiger partial charge on any atom is -0.456 e. The average Bonchev–Trinajstić information content (AvgIpc) is 1.64. The number of rotatable bonds is 7. The fraction of sp³-hybridized carbons (Fsp3) is 0. The molecule has 0 saturated heterocycles. The van der Waals surface area contributed by atoms with E-state index in [-0.39, 0.29) is 35.5 Å². The summed E-state index contributed by atoms with van der Waals surface area (Å²) in [6.07, 6.45) is 0. The second-order valence-electron chi connectivity index (χ2n) is 20.7. The fourth-order valence-electron chi connectivity index (χ4n) is 12.6. The van der Waals surface area contributed by atoms with E-state index in [1.165, 1.54) is 0 Å². The molecule has 8 heteroatoms. The van der Waals surface area contributed by atoms with Crippen LogP contribution < -0.4 is 0 Å². The second-order valence-corrected chi connectivity index (χ2v) is 20.7. The number of hydrogen-bond donors (Lipinski definition) is 0. The summed E-state index contributed by atoms with van der Waals surface area (Å²) in [5.74, 6) is 1.19. The molecule has 8 nitrogen and oxygen atoms in total. The van der Waals surface area contributed by atoms with Crippen molar-refractivity contribution in [1.82, 2.24) is 24.1 Å². The highest BCUT2D eigenvalue weighted by molar-refractivity contribution is 6.17. The van der Waals surface area contributed by atoms with Gasteiger partial charge in [0.1, 0.15) is 33.5 Å². The number of aromatic nitrogens is 5. The van der Waals surface area contributed by atoms with E-state index in [1.54, 1.807) is 9.13 Å². The smallest absolute Gasteiger partial charge is 0.164 e. The molecule has 6 heterocycles. The van der Waals surface area contributed by atoms with Crippen LogP contribution in [0.4, 0.5) is 0 Å². The van der Waals surface area contributed by atoms with Crippen LogP contribution in [0.1, 0.15) is 13.7 Å². The molecule has 12 aromatic carbocycles. The van der Waals surface area contributed by atoms with Crippen molar-refractivity contribution in [2.45, 2.75) is 0 Å². The molecule has 18 rings (SSSR count). The molecule has 0 saturated carbocycles. The van der Waals surface area contributed by atoms with Crippen molar-refractivity contribution < 1.29 is 27.0 Å². The van der Waals surface area contributed by atoms with Crippen LogP contribution in [0.15, 0.2) is 274 Å². The van der Waals surface area contributed by atoms with Gasteiger partial charge in [-0.25, -0.2) is 15.0 Å². The maximum absolute atomic E-state index is 8.93. The standard InChI is InChI=1S/C75H43N5O3/c1-3-16-48(17-4-1)79-60-26-10-7-20-50(60)56-40-44(32-36-62(56)79)46-34-38-65-58(42-46)71-54(24-14-30-68(71)82-65)74-76-73(53-23-13-29-67-70(53)52-22-9-12-28-64(52)81-67)77-75(78-74)55-25-15-31-69-72(55)59-43-47(35-39-66(59)83-69)45-33-37-63-57(41-45)51-21-8-11-27-61(51)80(63)49-18-5-2-6-19-49/h1-43H/i1D,2D,3D,4D,5D,6D,16D,17D,18D,19D. The lowest BCUT2D eigenvalue weighted by Gasteiger charge is -2.11. The summed E-state index contributed by atoms with van der Waals surface area (Å²) < 4.78 is 110. The highest BCUT2D eigenvalue weighted by Crippen LogP contribution is 2.44. The first-order valence-corrected chi connectivity index (χ1v) is 27.1. The van der Waals surface area contributed by atoms with Gasteiger partial charge < -0.3 is 22.4 Å². The van der Waals surface area contributed by atoms with Crippen LogP contribution in [-0.2, 0) is 0 Å². The summed E-state index contributed by atoms with van der Waals surface area (Å²) in [5.41, 5.74) is 12.6. The highest BCUT2D eigenvalue weighted by Gasteiger charge is 2.24. The van der Waals surface area contributed by atoms with Crippen LogP contribution in [-0.4, -0.2) is 24.1 Å². The topological polar surface area (TPSA) is 88.0 Å². The molecule has 0 atom stereocenters. The Morgan fingerprint density at radius 3 is 1.06 bits per heavy atom. The lowest BCUT2D eigenvalue weighted by molar-refractivity contribution is 0.668. The number of para-hydroxylation sites is 5. The number of hydrogen-bond acceptors (Lipinski definition) is 6. The van der Waals surface area contributed by atoms with Gasteiger partial charge in [0.15, 0.2) is 17.5 Å². The molecule has 0 unspecified atom stereocenters. The fourth-order valence-corrected chi connectivity index (χ4v) is 12.6. The SMILES string of the molecule is [2H]c1c([2H])c([2H])c(-n2c3ccccc3c3cc(-c4ccc5oc6cccc(-c7nc(-c8cccc9oc%10ccccc%10c89)nc(-c8cccc9oc%10ccc(-c%11ccc%12c(c%11)c%11ccccc%11n%12-c%11c([2H])c([2H])c([2H])c([2H])c%11[2H])cc%10c89)n7)c6c5c4)ccc32)c([2H])c1[2H]. The molecule has 0 spiro atoms. The van der Waals surface area contributed by atoms with Crippen LogP contribution in [0.2, 0.25) is 0 Å². The van der Waals surface area contributed by atoms with Crippen LogP contribution in [0, 0.1) is 0 Å². The zero-order valence-electron chi connectivity index (χ0n) is 53.5. The Bertz CT molecular complexity index is 5980. The minimum atomic E-state index is -0.452. The molecule has 0 aliphatic heterocycles. The average molecular weight is 1070 g/mol. The summed E-state index contributed by atoms with van der Waals surface area (Å²) in [4.78, 5) is 16.3. The summed E-state index contributed by atoms with van der Waals surface area (Å²) >= 11 is 0. The second kappa shape index (κ2) is 17.6. The van der Waals surface area contributed by atoms with Gasteiger partial charge in [-0.1, -0.05) is 152 Å². The van der Waals surface area contributed by atoms with Gasteiger partial charge in [0, 0.05) is 81.9 Å². The third-order valence-electron chi connectivity index (χ3n) is 16.2. The van der Waals surface area contributed by atoms with Gasteiger partial charge in [-0.3, -0.25) is 0 Å². The van der Waals surface area contributed by atoms with Crippen molar-refractivity contribution in [2.75, 3.05) is 0 Å². The van der Waals surface area contributed by atoms with Gasteiger partial charge >= 0.3 is 0 Å². The van der Waals surface area contributed by atoms with Crippen LogP contribution in [0.5, 0.6) is 0 Å². The van der Waals surface area contributed by atoms with Gasteiger partial charge in [-0.15, -0.1) is 0 Å². The quantitative estimate of drug-likeness (QED) is 0.158. The van der Waals surface area contributed by atoms with E-state index in [0.29, 0.717) is 78.6 Å². The van der Waals surface area contributed by atoms with Crippen molar-refractivity contribution in [3.8, 4) is 67.8 Å². The maximum Gasteiger partial charge on any atom is 0.164 e. The van der Waals surface area contributed by atoms with Crippen molar-refractivity contribution in [3.63, 3.8) is 0 Å². The Kier molecular flexibility index (Phi) is 7.78. The molecular weight excluding hydrogens is 1020 g/mol. The molecule has 6 aromatic heterocycles. The predicted octanol–water partition coefficient (Wildman–Crippen LogP) is 20.1. The lowest BCUT2D eigenvalue weighted by Crippen LogP contribution is -2.01. The van der Waals surface area contributed by atoms with E-state index >= 15 is 0 Å². The van der Waals surface area contributed by atoms with Crippen LogP contribution >= 0.6 is 0 Å². The molecule has 0 N–H and O–H groups in total. The molecule has 0 aliphatic carbocycles. The predicted molar refractivity (Wildman–Crippen MR) is 338 cm³/mol. The van der Waals surface area contributed by atoms with Crippen molar-refractivity contribution in [2.24, 2.45) is 0 Å². The Morgan fingerprint density at radius 1 is 0.277 bits per heavy atom. The molecule has 0 amide bonds. The van der Waals surface area contributed by atoms with E-state index in [1.807, 2.05) is 176 Å². The molecule has 0 aliphatic rings. The first-order chi connectivity index (χ1) is 45.3. The minimum absolute atomic E-state index is 0.0790. The van der Waals surface area contributed by atoms with Gasteiger partial charge in [-0.2, -0.15) is 0 Å². The monoisotopic (exact) mass is 1070 g/mol. The third-order valence-corrected chi connectivity index (χ3v) is 16.2. The van der Waals surface area contributed by atoms with Crippen LogP contribution in [0.3, 0.4) is 0 Å². The number of benzene rings is 12. The Hall–Kier alpha value is -11.4.